The van der Waals surface area contributed by atoms with Crippen LogP contribution in [0.5, 0.6) is 11.5 Å². The van der Waals surface area contributed by atoms with E-state index in [0.29, 0.717) is 5.75 Å². The predicted octanol–water partition coefficient (Wildman–Crippen LogP) is 5.12. The maximum atomic E-state index is 10.4. The first-order valence-electron chi connectivity index (χ1n) is 8.10. The molecule has 0 saturated carbocycles. The van der Waals surface area contributed by atoms with Gasteiger partial charge in [0.1, 0.15) is 11.5 Å². The molecule has 1 unspecified atom stereocenters. The molecule has 0 aliphatic heterocycles. The average Bonchev–Trinajstić information content (AvgIpc) is 2.64. The Balaban J connectivity index is 1.96. The Morgan fingerprint density at radius 1 is 1.04 bits per heavy atom. The van der Waals surface area contributed by atoms with Gasteiger partial charge in [-0.15, -0.1) is 0 Å². The molecule has 0 bridgehead atoms. The van der Waals surface area contributed by atoms with Gasteiger partial charge >= 0.3 is 0 Å². The summed E-state index contributed by atoms with van der Waals surface area (Å²) in [5, 5.41) is 12.6. The SMILES string of the molecule is CCC(N=Cc1ccc(OC)cc1)c1c(O)ccc2ccccc12. The van der Waals surface area contributed by atoms with Gasteiger partial charge in [0.15, 0.2) is 0 Å². The van der Waals surface area contributed by atoms with Gasteiger partial charge in [0.25, 0.3) is 0 Å². The third-order valence-electron chi connectivity index (χ3n) is 4.19. The first-order valence-corrected chi connectivity index (χ1v) is 8.10. The second-order valence-corrected chi connectivity index (χ2v) is 5.69. The molecule has 0 aliphatic carbocycles. The summed E-state index contributed by atoms with van der Waals surface area (Å²) in [5.41, 5.74) is 1.90. The molecule has 3 aromatic carbocycles. The maximum Gasteiger partial charge on any atom is 0.121 e. The zero-order valence-corrected chi connectivity index (χ0v) is 13.9. The van der Waals surface area contributed by atoms with Crippen molar-refractivity contribution in [2.45, 2.75) is 19.4 Å². The number of hydrogen-bond donors (Lipinski definition) is 1. The van der Waals surface area contributed by atoms with E-state index in [1.54, 1.807) is 13.2 Å². The number of phenols is 1. The molecule has 122 valence electrons. The number of phenolic OH excluding ortho intramolecular Hbond substituents is 1. The van der Waals surface area contributed by atoms with Crippen LogP contribution in [0.1, 0.15) is 30.5 Å². The van der Waals surface area contributed by atoms with Gasteiger partial charge in [-0.05, 0) is 53.1 Å². The first-order chi connectivity index (χ1) is 11.7. The van der Waals surface area contributed by atoms with Crippen LogP contribution >= 0.6 is 0 Å². The monoisotopic (exact) mass is 319 g/mol. The summed E-state index contributed by atoms with van der Waals surface area (Å²) in [6, 6.07) is 19.5. The highest BCUT2D eigenvalue weighted by Gasteiger charge is 2.15. The summed E-state index contributed by atoms with van der Waals surface area (Å²) >= 11 is 0. The van der Waals surface area contributed by atoms with Gasteiger partial charge in [0.05, 0.1) is 13.2 Å². The van der Waals surface area contributed by atoms with Gasteiger partial charge < -0.3 is 9.84 Å². The van der Waals surface area contributed by atoms with Crippen LogP contribution in [-0.4, -0.2) is 18.4 Å². The topological polar surface area (TPSA) is 41.8 Å². The Labute approximate surface area is 142 Å². The van der Waals surface area contributed by atoms with Crippen molar-refractivity contribution in [2.24, 2.45) is 4.99 Å². The minimum Gasteiger partial charge on any atom is -0.508 e. The summed E-state index contributed by atoms with van der Waals surface area (Å²) in [6.07, 6.45) is 2.67. The van der Waals surface area contributed by atoms with E-state index in [0.717, 1.165) is 34.1 Å². The van der Waals surface area contributed by atoms with Gasteiger partial charge in [-0.25, -0.2) is 0 Å². The Morgan fingerprint density at radius 3 is 2.50 bits per heavy atom. The van der Waals surface area contributed by atoms with Crippen LogP contribution in [0.2, 0.25) is 0 Å². The molecule has 0 heterocycles. The van der Waals surface area contributed by atoms with Gasteiger partial charge in [-0.1, -0.05) is 37.3 Å². The van der Waals surface area contributed by atoms with Crippen LogP contribution in [0.4, 0.5) is 0 Å². The number of fused-ring (bicyclic) bond motifs is 1. The lowest BCUT2D eigenvalue weighted by Gasteiger charge is -2.15. The molecule has 0 aliphatic rings. The lowest BCUT2D eigenvalue weighted by atomic mass is 9.96. The fourth-order valence-electron chi connectivity index (χ4n) is 2.88. The number of rotatable bonds is 5. The normalized spacial score (nSPS) is 12.6. The summed E-state index contributed by atoms with van der Waals surface area (Å²) < 4.78 is 5.17. The fraction of sp³-hybridized carbons (Fsp3) is 0.190. The molecule has 0 radical (unpaired) electrons. The predicted molar refractivity (Wildman–Crippen MR) is 99.2 cm³/mol. The van der Waals surface area contributed by atoms with Crippen molar-refractivity contribution in [3.8, 4) is 11.5 Å². The summed E-state index contributed by atoms with van der Waals surface area (Å²) in [6.45, 7) is 2.08. The van der Waals surface area contributed by atoms with Crippen molar-refractivity contribution in [1.82, 2.24) is 0 Å². The van der Waals surface area contributed by atoms with Crippen LogP contribution in [0.25, 0.3) is 10.8 Å². The third kappa shape index (κ3) is 3.25. The number of hydrogen-bond acceptors (Lipinski definition) is 3. The summed E-state index contributed by atoms with van der Waals surface area (Å²) in [7, 11) is 1.65. The van der Waals surface area contributed by atoms with Gasteiger partial charge in [-0.2, -0.15) is 0 Å². The van der Waals surface area contributed by atoms with E-state index in [9.17, 15) is 5.11 Å². The molecule has 1 N–H and O–H groups in total. The molecule has 3 nitrogen and oxygen atoms in total. The molecule has 3 rings (SSSR count). The van der Waals surface area contributed by atoms with E-state index in [1.165, 1.54) is 0 Å². The van der Waals surface area contributed by atoms with Crippen LogP contribution in [0, 0.1) is 0 Å². The lowest BCUT2D eigenvalue weighted by Crippen LogP contribution is -1.97. The van der Waals surface area contributed by atoms with Gasteiger partial charge in [0.2, 0.25) is 0 Å². The van der Waals surface area contributed by atoms with Crippen molar-refractivity contribution in [3.63, 3.8) is 0 Å². The first kappa shape index (κ1) is 16.1. The minimum atomic E-state index is -0.0850. The largest absolute Gasteiger partial charge is 0.508 e. The number of aliphatic imine (C=N–C) groups is 1. The van der Waals surface area contributed by atoms with E-state index >= 15 is 0 Å². The lowest BCUT2D eigenvalue weighted by molar-refractivity contribution is 0.415. The third-order valence-corrected chi connectivity index (χ3v) is 4.19. The van der Waals surface area contributed by atoms with E-state index < -0.39 is 0 Å². The molecule has 1 atom stereocenters. The van der Waals surface area contributed by atoms with E-state index in [-0.39, 0.29) is 6.04 Å². The number of aromatic hydroxyl groups is 1. The Hall–Kier alpha value is -2.81. The molecule has 3 heteroatoms. The van der Waals surface area contributed by atoms with E-state index in [1.807, 2.05) is 54.7 Å². The molecule has 0 amide bonds. The second kappa shape index (κ2) is 7.18. The molecule has 3 aromatic rings. The molecule has 0 fully saturated rings. The second-order valence-electron chi connectivity index (χ2n) is 5.69. The van der Waals surface area contributed by atoms with Crippen LogP contribution in [0.15, 0.2) is 65.7 Å². The number of nitrogens with zero attached hydrogens (tertiary/aromatic N) is 1. The summed E-state index contributed by atoms with van der Waals surface area (Å²) in [5.74, 6) is 1.12. The van der Waals surface area contributed by atoms with Gasteiger partial charge in [-0.3, -0.25) is 4.99 Å². The highest BCUT2D eigenvalue weighted by molar-refractivity contribution is 5.88. The van der Waals surface area contributed by atoms with E-state index in [2.05, 4.69) is 13.0 Å². The van der Waals surface area contributed by atoms with Crippen molar-refractivity contribution >= 4 is 17.0 Å². The standard InChI is InChI=1S/C21H21NO2/c1-3-19(22-14-15-8-11-17(24-2)12-9-15)21-18-7-5-4-6-16(18)10-13-20(21)23/h4-14,19,23H,3H2,1-2H3. The zero-order chi connectivity index (χ0) is 16.9. The van der Waals surface area contributed by atoms with Crippen LogP contribution < -0.4 is 4.74 Å². The van der Waals surface area contributed by atoms with Crippen molar-refractivity contribution in [3.05, 3.63) is 71.8 Å². The van der Waals surface area contributed by atoms with Gasteiger partial charge in [0, 0.05) is 11.8 Å². The number of methoxy groups -OCH3 is 1. The Bertz CT molecular complexity index is 853. The Morgan fingerprint density at radius 2 is 1.79 bits per heavy atom. The molecule has 0 spiro atoms. The smallest absolute Gasteiger partial charge is 0.121 e. The van der Waals surface area contributed by atoms with Crippen molar-refractivity contribution < 1.29 is 9.84 Å². The molecule has 0 saturated heterocycles. The highest BCUT2D eigenvalue weighted by Crippen LogP contribution is 2.35. The maximum absolute atomic E-state index is 10.4. The minimum absolute atomic E-state index is 0.0850. The molecule has 24 heavy (non-hydrogen) atoms. The fourth-order valence-corrected chi connectivity index (χ4v) is 2.88. The average molecular weight is 319 g/mol. The van der Waals surface area contributed by atoms with Crippen molar-refractivity contribution in [2.75, 3.05) is 7.11 Å². The number of benzene rings is 3. The van der Waals surface area contributed by atoms with Crippen LogP contribution in [0.3, 0.4) is 0 Å². The number of ether oxygens (including phenoxy) is 1. The zero-order valence-electron chi connectivity index (χ0n) is 13.9. The summed E-state index contributed by atoms with van der Waals surface area (Å²) in [4.78, 5) is 4.72. The Kier molecular flexibility index (Phi) is 4.80. The molecular weight excluding hydrogens is 298 g/mol. The van der Waals surface area contributed by atoms with E-state index in [4.69, 9.17) is 9.73 Å². The molecule has 0 aromatic heterocycles. The van der Waals surface area contributed by atoms with Crippen molar-refractivity contribution in [1.29, 1.82) is 0 Å². The molecular formula is C21H21NO2. The quantitative estimate of drug-likeness (QED) is 0.663. The van der Waals surface area contributed by atoms with Crippen LogP contribution in [-0.2, 0) is 0 Å². The highest BCUT2D eigenvalue weighted by atomic mass is 16.5.